The van der Waals surface area contributed by atoms with E-state index in [4.69, 9.17) is 10.5 Å². The summed E-state index contributed by atoms with van der Waals surface area (Å²) in [5, 5.41) is 3.13. The largest absolute Gasteiger partial charge is 0.484 e. The zero-order valence-electron chi connectivity index (χ0n) is 10.5. The van der Waals surface area contributed by atoms with E-state index in [0.717, 1.165) is 28.4 Å². The van der Waals surface area contributed by atoms with Crippen molar-refractivity contribution in [2.75, 3.05) is 0 Å². The molecule has 0 bridgehead atoms. The minimum Gasteiger partial charge on any atom is -0.484 e. The highest BCUT2D eigenvalue weighted by Gasteiger charge is 2.28. The summed E-state index contributed by atoms with van der Waals surface area (Å²) >= 11 is 1.65. The Labute approximate surface area is 111 Å². The first kappa shape index (κ1) is 11.7. The minimum absolute atomic E-state index is 0.0137. The summed E-state index contributed by atoms with van der Waals surface area (Å²) in [6.07, 6.45) is 0.778. The molecule has 2 heterocycles. The van der Waals surface area contributed by atoms with Gasteiger partial charge in [0.25, 0.3) is 0 Å². The second kappa shape index (κ2) is 4.37. The minimum atomic E-state index is -0.0137. The van der Waals surface area contributed by atoms with Crippen LogP contribution in [0, 0.1) is 13.8 Å². The zero-order chi connectivity index (χ0) is 12.7. The van der Waals surface area contributed by atoms with E-state index in [1.807, 2.05) is 13.0 Å². The lowest BCUT2D eigenvalue weighted by atomic mass is 9.95. The van der Waals surface area contributed by atoms with Crippen LogP contribution in [0.15, 0.2) is 23.6 Å². The van der Waals surface area contributed by atoms with Gasteiger partial charge in [0.2, 0.25) is 0 Å². The second-order valence-electron chi connectivity index (χ2n) is 4.78. The smallest absolute Gasteiger partial charge is 0.143 e. The van der Waals surface area contributed by atoms with Crippen molar-refractivity contribution >= 4 is 11.3 Å². The Hall–Kier alpha value is -1.39. The lowest BCUT2D eigenvalue weighted by Crippen LogP contribution is -2.24. The SMILES string of the molecule is Cc1ccc2c(c1)C(N)CC(c1csc(C)n1)O2. The number of benzene rings is 1. The molecule has 0 aliphatic carbocycles. The zero-order valence-corrected chi connectivity index (χ0v) is 11.3. The Morgan fingerprint density at radius 3 is 2.94 bits per heavy atom. The third-order valence-electron chi connectivity index (χ3n) is 3.27. The molecule has 0 radical (unpaired) electrons. The van der Waals surface area contributed by atoms with E-state index in [9.17, 15) is 0 Å². The molecule has 1 aromatic carbocycles. The predicted molar refractivity (Wildman–Crippen MR) is 72.9 cm³/mol. The van der Waals surface area contributed by atoms with Gasteiger partial charge in [0.1, 0.15) is 11.9 Å². The molecule has 0 amide bonds. The van der Waals surface area contributed by atoms with Crippen LogP contribution in [0.3, 0.4) is 0 Å². The maximum Gasteiger partial charge on any atom is 0.143 e. The number of hydrogen-bond acceptors (Lipinski definition) is 4. The molecule has 18 heavy (non-hydrogen) atoms. The van der Waals surface area contributed by atoms with Gasteiger partial charge in [-0.1, -0.05) is 17.7 Å². The van der Waals surface area contributed by atoms with Crippen LogP contribution in [0.4, 0.5) is 0 Å². The number of thiazole rings is 1. The Morgan fingerprint density at radius 2 is 2.22 bits per heavy atom. The summed E-state index contributed by atoms with van der Waals surface area (Å²) in [5.41, 5.74) is 9.57. The summed E-state index contributed by atoms with van der Waals surface area (Å²) in [6, 6.07) is 6.21. The molecular weight excluding hydrogens is 244 g/mol. The molecule has 0 fully saturated rings. The number of nitrogens with two attached hydrogens (primary N) is 1. The van der Waals surface area contributed by atoms with Crippen LogP contribution in [-0.4, -0.2) is 4.98 Å². The van der Waals surface area contributed by atoms with Gasteiger partial charge < -0.3 is 10.5 Å². The number of fused-ring (bicyclic) bond motifs is 1. The van der Waals surface area contributed by atoms with E-state index < -0.39 is 0 Å². The van der Waals surface area contributed by atoms with Gasteiger partial charge in [-0.15, -0.1) is 11.3 Å². The number of hydrogen-bond donors (Lipinski definition) is 1. The second-order valence-corrected chi connectivity index (χ2v) is 5.84. The standard InChI is InChI=1S/C14H16N2OS/c1-8-3-4-13-10(5-8)11(15)6-14(17-13)12-7-18-9(2)16-12/h3-5,7,11,14H,6,15H2,1-2H3. The number of aromatic nitrogens is 1. The normalized spacial score (nSPS) is 22.4. The Bertz CT molecular complexity index is 579. The lowest BCUT2D eigenvalue weighted by molar-refractivity contribution is 0.158. The molecule has 1 aliphatic rings. The molecule has 1 aromatic heterocycles. The van der Waals surface area contributed by atoms with E-state index in [-0.39, 0.29) is 12.1 Å². The third-order valence-corrected chi connectivity index (χ3v) is 4.06. The quantitative estimate of drug-likeness (QED) is 0.856. The molecule has 3 rings (SSSR count). The molecule has 3 nitrogen and oxygen atoms in total. The average molecular weight is 260 g/mol. The van der Waals surface area contributed by atoms with Crippen LogP contribution in [0.2, 0.25) is 0 Å². The molecule has 0 spiro atoms. The number of rotatable bonds is 1. The van der Waals surface area contributed by atoms with Gasteiger partial charge >= 0.3 is 0 Å². The van der Waals surface area contributed by atoms with E-state index in [2.05, 4.69) is 29.4 Å². The van der Waals surface area contributed by atoms with E-state index >= 15 is 0 Å². The predicted octanol–water partition coefficient (Wildman–Crippen LogP) is 3.28. The fourth-order valence-electron chi connectivity index (χ4n) is 2.33. The van der Waals surface area contributed by atoms with E-state index in [0.29, 0.717) is 0 Å². The van der Waals surface area contributed by atoms with Crippen molar-refractivity contribution in [3.63, 3.8) is 0 Å². The van der Waals surface area contributed by atoms with Crippen molar-refractivity contribution in [3.05, 3.63) is 45.4 Å². The fraction of sp³-hybridized carbons (Fsp3) is 0.357. The van der Waals surface area contributed by atoms with Crippen molar-refractivity contribution in [3.8, 4) is 5.75 Å². The Balaban J connectivity index is 1.94. The highest BCUT2D eigenvalue weighted by Crippen LogP contribution is 2.39. The Kier molecular flexibility index (Phi) is 2.84. The maximum absolute atomic E-state index is 6.25. The highest BCUT2D eigenvalue weighted by atomic mass is 32.1. The van der Waals surface area contributed by atoms with Gasteiger partial charge in [0.05, 0.1) is 10.7 Å². The lowest BCUT2D eigenvalue weighted by Gasteiger charge is -2.29. The molecule has 2 atom stereocenters. The van der Waals surface area contributed by atoms with Crippen molar-refractivity contribution in [2.45, 2.75) is 32.4 Å². The molecule has 2 unspecified atom stereocenters. The van der Waals surface area contributed by atoms with Gasteiger partial charge in [0, 0.05) is 23.4 Å². The van der Waals surface area contributed by atoms with Crippen LogP contribution in [0.25, 0.3) is 0 Å². The highest BCUT2D eigenvalue weighted by molar-refractivity contribution is 7.09. The topological polar surface area (TPSA) is 48.1 Å². The molecule has 94 valence electrons. The Morgan fingerprint density at radius 1 is 1.39 bits per heavy atom. The summed E-state index contributed by atoms with van der Waals surface area (Å²) < 4.78 is 6.02. The molecule has 2 N–H and O–H groups in total. The van der Waals surface area contributed by atoms with Crippen LogP contribution < -0.4 is 10.5 Å². The van der Waals surface area contributed by atoms with Crippen molar-refractivity contribution < 1.29 is 4.74 Å². The summed E-state index contributed by atoms with van der Waals surface area (Å²) in [5.74, 6) is 0.898. The van der Waals surface area contributed by atoms with Crippen LogP contribution in [0.1, 0.15) is 40.4 Å². The van der Waals surface area contributed by atoms with E-state index in [1.165, 1.54) is 5.56 Å². The van der Waals surface area contributed by atoms with Crippen LogP contribution >= 0.6 is 11.3 Å². The van der Waals surface area contributed by atoms with Gasteiger partial charge in [0.15, 0.2) is 0 Å². The molecule has 4 heteroatoms. The molecule has 0 saturated heterocycles. The van der Waals surface area contributed by atoms with Crippen LogP contribution in [0.5, 0.6) is 5.75 Å². The van der Waals surface area contributed by atoms with Gasteiger partial charge in [-0.2, -0.15) is 0 Å². The molecule has 1 aliphatic heterocycles. The van der Waals surface area contributed by atoms with Gasteiger partial charge in [-0.3, -0.25) is 0 Å². The molecule has 0 saturated carbocycles. The van der Waals surface area contributed by atoms with Gasteiger partial charge in [-0.05, 0) is 19.9 Å². The molecular formula is C14H16N2OS. The van der Waals surface area contributed by atoms with Crippen LogP contribution in [-0.2, 0) is 0 Å². The van der Waals surface area contributed by atoms with Crippen molar-refractivity contribution in [1.29, 1.82) is 0 Å². The number of aryl methyl sites for hydroxylation is 2. The van der Waals surface area contributed by atoms with Crippen molar-refractivity contribution in [2.24, 2.45) is 5.73 Å². The maximum atomic E-state index is 6.25. The number of nitrogens with zero attached hydrogens (tertiary/aromatic N) is 1. The van der Waals surface area contributed by atoms with Crippen molar-refractivity contribution in [1.82, 2.24) is 4.98 Å². The fourth-order valence-corrected chi connectivity index (χ4v) is 2.99. The molecule has 2 aromatic rings. The first-order valence-corrected chi connectivity index (χ1v) is 6.96. The van der Waals surface area contributed by atoms with E-state index in [1.54, 1.807) is 11.3 Å². The average Bonchev–Trinajstić information content (AvgIpc) is 2.77. The monoisotopic (exact) mass is 260 g/mol. The first-order chi connectivity index (χ1) is 8.63. The summed E-state index contributed by atoms with van der Waals surface area (Å²) in [6.45, 7) is 4.08. The third kappa shape index (κ3) is 2.02. The first-order valence-electron chi connectivity index (χ1n) is 6.08. The van der Waals surface area contributed by atoms with Gasteiger partial charge in [-0.25, -0.2) is 4.98 Å². The summed E-state index contributed by atoms with van der Waals surface area (Å²) in [4.78, 5) is 4.50. The number of ether oxygens (including phenoxy) is 1. The summed E-state index contributed by atoms with van der Waals surface area (Å²) in [7, 11) is 0.